The molecular weight excluding hydrogens is 687 g/mol. The fourth-order valence-electron chi connectivity index (χ4n) is 8.35. The summed E-state index contributed by atoms with van der Waals surface area (Å²) >= 11 is 1.87. The van der Waals surface area contributed by atoms with Crippen LogP contribution in [0.4, 0.5) is 17.1 Å². The van der Waals surface area contributed by atoms with E-state index in [-0.39, 0.29) is 0 Å². The molecule has 3 heteroatoms. The number of furan rings is 1. The number of anilines is 3. The molecule has 0 saturated carbocycles. The molecule has 2 aromatic heterocycles. The summed E-state index contributed by atoms with van der Waals surface area (Å²) < 4.78 is 8.80. The van der Waals surface area contributed by atoms with Crippen molar-refractivity contribution in [1.29, 1.82) is 0 Å². The van der Waals surface area contributed by atoms with E-state index in [1.807, 2.05) is 23.5 Å². The van der Waals surface area contributed by atoms with E-state index < -0.39 is 0 Å². The van der Waals surface area contributed by atoms with Crippen LogP contribution in [0.5, 0.6) is 0 Å². The van der Waals surface area contributed by atoms with Crippen LogP contribution in [0.1, 0.15) is 0 Å². The molecule has 0 aliphatic heterocycles. The van der Waals surface area contributed by atoms with Gasteiger partial charge < -0.3 is 9.32 Å². The van der Waals surface area contributed by atoms with Gasteiger partial charge in [-0.15, -0.1) is 11.3 Å². The summed E-state index contributed by atoms with van der Waals surface area (Å²) in [7, 11) is 0. The minimum Gasteiger partial charge on any atom is -0.456 e. The van der Waals surface area contributed by atoms with Crippen molar-refractivity contribution in [3.8, 4) is 33.4 Å². The maximum Gasteiger partial charge on any atom is 0.136 e. The van der Waals surface area contributed by atoms with E-state index in [0.29, 0.717) is 0 Å². The molecule has 0 spiro atoms. The standard InChI is InChI=1S/C52H33NOS/c1-2-12-35(13-3-1)43-32-33-46(52-51(43)45-18-7-9-23-49(45)55-52)53(38-28-24-36(25-29-38)41-19-10-15-34-14-4-5-16-40(34)41)39-30-26-37(27-31-39)42-20-11-22-48-50(42)44-17-6-8-21-47(44)54-48/h1-33H. The van der Waals surface area contributed by atoms with Crippen LogP contribution in [0.15, 0.2) is 205 Å². The van der Waals surface area contributed by atoms with Gasteiger partial charge in [-0.05, 0) is 92.7 Å². The zero-order valence-electron chi connectivity index (χ0n) is 29.8. The Balaban J connectivity index is 1.10. The van der Waals surface area contributed by atoms with Gasteiger partial charge in [0, 0.05) is 37.6 Å². The fourth-order valence-corrected chi connectivity index (χ4v) is 9.58. The number of thiophene rings is 1. The van der Waals surface area contributed by atoms with E-state index in [1.54, 1.807) is 0 Å². The molecule has 0 aliphatic carbocycles. The van der Waals surface area contributed by atoms with Gasteiger partial charge in [0.15, 0.2) is 0 Å². The highest BCUT2D eigenvalue weighted by atomic mass is 32.1. The van der Waals surface area contributed by atoms with Gasteiger partial charge in [0.05, 0.1) is 10.4 Å². The third-order valence-electron chi connectivity index (χ3n) is 10.9. The van der Waals surface area contributed by atoms with Gasteiger partial charge in [0.25, 0.3) is 0 Å². The molecule has 55 heavy (non-hydrogen) atoms. The Morgan fingerprint density at radius 3 is 1.73 bits per heavy atom. The quantitative estimate of drug-likeness (QED) is 0.170. The number of benzene rings is 9. The summed E-state index contributed by atoms with van der Waals surface area (Å²) in [5, 5.41) is 7.36. The van der Waals surface area contributed by atoms with E-state index in [4.69, 9.17) is 4.42 Å². The number of hydrogen-bond acceptors (Lipinski definition) is 3. The van der Waals surface area contributed by atoms with Crippen molar-refractivity contribution in [1.82, 2.24) is 0 Å². The van der Waals surface area contributed by atoms with Gasteiger partial charge in [-0.3, -0.25) is 0 Å². The SMILES string of the molecule is c1ccc(-c2ccc(N(c3ccc(-c4cccc5ccccc45)cc3)c3ccc(-c4cccc5oc6ccccc6c45)cc3)c3sc4ccccc4c23)cc1. The lowest BCUT2D eigenvalue weighted by Gasteiger charge is -2.27. The van der Waals surface area contributed by atoms with Crippen molar-refractivity contribution >= 4 is 81.3 Å². The Hall–Kier alpha value is -6.94. The molecular formula is C52H33NOS. The molecule has 0 saturated heterocycles. The van der Waals surface area contributed by atoms with Crippen LogP contribution >= 0.6 is 11.3 Å². The Morgan fingerprint density at radius 2 is 0.927 bits per heavy atom. The molecule has 11 rings (SSSR count). The lowest BCUT2D eigenvalue weighted by molar-refractivity contribution is 0.669. The maximum absolute atomic E-state index is 6.26. The highest BCUT2D eigenvalue weighted by Crippen LogP contribution is 2.49. The van der Waals surface area contributed by atoms with Crippen LogP contribution in [-0.4, -0.2) is 0 Å². The normalized spacial score (nSPS) is 11.6. The Bertz CT molecular complexity index is 3190. The van der Waals surface area contributed by atoms with Crippen LogP contribution in [0.3, 0.4) is 0 Å². The first-order valence-electron chi connectivity index (χ1n) is 18.7. The van der Waals surface area contributed by atoms with Crippen molar-refractivity contribution in [2.24, 2.45) is 0 Å². The van der Waals surface area contributed by atoms with Crippen molar-refractivity contribution < 1.29 is 4.42 Å². The first kappa shape index (κ1) is 31.6. The van der Waals surface area contributed by atoms with E-state index >= 15 is 0 Å². The number of para-hydroxylation sites is 1. The first-order valence-corrected chi connectivity index (χ1v) is 19.5. The second-order valence-electron chi connectivity index (χ2n) is 14.0. The number of fused-ring (bicyclic) bond motifs is 7. The zero-order chi connectivity index (χ0) is 36.3. The van der Waals surface area contributed by atoms with Crippen LogP contribution in [0, 0.1) is 0 Å². The van der Waals surface area contributed by atoms with Gasteiger partial charge in [0.1, 0.15) is 11.2 Å². The molecule has 0 unspecified atom stereocenters. The van der Waals surface area contributed by atoms with E-state index in [0.717, 1.165) is 44.6 Å². The van der Waals surface area contributed by atoms with Crippen molar-refractivity contribution in [3.05, 3.63) is 200 Å². The number of hydrogen-bond donors (Lipinski definition) is 0. The highest BCUT2D eigenvalue weighted by molar-refractivity contribution is 7.26. The van der Waals surface area contributed by atoms with Crippen LogP contribution < -0.4 is 4.90 Å². The Morgan fingerprint density at radius 1 is 0.364 bits per heavy atom. The third kappa shape index (κ3) is 5.24. The third-order valence-corrected chi connectivity index (χ3v) is 12.1. The van der Waals surface area contributed by atoms with Gasteiger partial charge in [0.2, 0.25) is 0 Å². The van der Waals surface area contributed by atoms with Crippen LogP contribution in [-0.2, 0) is 0 Å². The van der Waals surface area contributed by atoms with Gasteiger partial charge >= 0.3 is 0 Å². The summed E-state index contributed by atoms with van der Waals surface area (Å²) in [4.78, 5) is 2.43. The molecule has 2 nitrogen and oxygen atoms in total. The van der Waals surface area contributed by atoms with Gasteiger partial charge in [-0.25, -0.2) is 0 Å². The highest BCUT2D eigenvalue weighted by Gasteiger charge is 2.21. The maximum atomic E-state index is 6.26. The summed E-state index contributed by atoms with van der Waals surface area (Å²) in [5.41, 5.74) is 12.4. The van der Waals surface area contributed by atoms with Crippen molar-refractivity contribution in [2.75, 3.05) is 4.90 Å². The van der Waals surface area contributed by atoms with Gasteiger partial charge in [-0.1, -0.05) is 152 Å². The Labute approximate surface area is 322 Å². The second kappa shape index (κ2) is 12.9. The summed E-state index contributed by atoms with van der Waals surface area (Å²) in [6.45, 7) is 0. The Kier molecular flexibility index (Phi) is 7.39. The summed E-state index contributed by atoms with van der Waals surface area (Å²) in [5.74, 6) is 0. The smallest absolute Gasteiger partial charge is 0.136 e. The summed E-state index contributed by atoms with van der Waals surface area (Å²) in [6.07, 6.45) is 0. The first-order chi connectivity index (χ1) is 27.3. The van der Waals surface area contributed by atoms with Crippen molar-refractivity contribution in [3.63, 3.8) is 0 Å². The molecule has 0 bridgehead atoms. The minimum atomic E-state index is 0.904. The number of rotatable bonds is 6. The molecule has 0 atom stereocenters. The average molecular weight is 720 g/mol. The lowest BCUT2D eigenvalue weighted by Crippen LogP contribution is -2.10. The largest absolute Gasteiger partial charge is 0.456 e. The number of nitrogens with zero attached hydrogens (tertiary/aromatic N) is 1. The molecule has 0 fully saturated rings. The van der Waals surface area contributed by atoms with Crippen molar-refractivity contribution in [2.45, 2.75) is 0 Å². The van der Waals surface area contributed by atoms with Crippen LogP contribution in [0.25, 0.3) is 86.3 Å². The average Bonchev–Trinajstić information content (AvgIpc) is 3.84. The van der Waals surface area contributed by atoms with E-state index in [2.05, 4.69) is 193 Å². The molecule has 0 N–H and O–H groups in total. The second-order valence-corrected chi connectivity index (χ2v) is 15.1. The zero-order valence-corrected chi connectivity index (χ0v) is 30.6. The van der Waals surface area contributed by atoms with Gasteiger partial charge in [-0.2, -0.15) is 0 Å². The van der Waals surface area contributed by atoms with Crippen LogP contribution in [0.2, 0.25) is 0 Å². The molecule has 258 valence electrons. The molecule has 0 radical (unpaired) electrons. The van der Waals surface area contributed by atoms with E-state index in [1.165, 1.54) is 58.8 Å². The molecule has 2 heterocycles. The molecule has 9 aromatic carbocycles. The lowest BCUT2D eigenvalue weighted by atomic mass is 9.97. The predicted octanol–water partition coefficient (Wildman–Crippen LogP) is 15.6. The monoisotopic (exact) mass is 719 g/mol. The summed E-state index contributed by atoms with van der Waals surface area (Å²) in [6, 6.07) is 72.2. The minimum absolute atomic E-state index is 0.904. The molecule has 0 aliphatic rings. The predicted molar refractivity (Wildman–Crippen MR) is 235 cm³/mol. The topological polar surface area (TPSA) is 16.4 Å². The molecule has 11 aromatic rings. The molecule has 0 amide bonds. The fraction of sp³-hybridized carbons (Fsp3) is 0. The van der Waals surface area contributed by atoms with E-state index in [9.17, 15) is 0 Å².